The molecule has 2 rings (SSSR count). The van der Waals surface area contributed by atoms with Gasteiger partial charge in [-0.15, -0.1) is 0 Å². The minimum Gasteiger partial charge on any atom is -0.480 e. The molecule has 1 amide bonds. The first kappa shape index (κ1) is 13.5. The lowest BCUT2D eigenvalue weighted by Gasteiger charge is -2.22. The minimum absolute atomic E-state index is 0.149. The van der Waals surface area contributed by atoms with E-state index in [0.717, 1.165) is 11.0 Å². The fourth-order valence-electron chi connectivity index (χ4n) is 2.26. The molecular formula is C13H13F2NO3. The van der Waals surface area contributed by atoms with Crippen LogP contribution in [-0.4, -0.2) is 34.5 Å². The highest BCUT2D eigenvalue weighted by molar-refractivity contribution is 5.97. The lowest BCUT2D eigenvalue weighted by molar-refractivity contribution is -0.141. The maximum absolute atomic E-state index is 13.9. The van der Waals surface area contributed by atoms with Gasteiger partial charge in [-0.2, -0.15) is 0 Å². The summed E-state index contributed by atoms with van der Waals surface area (Å²) < 4.78 is 27.5. The van der Waals surface area contributed by atoms with Gasteiger partial charge in [-0.3, -0.25) is 4.79 Å². The number of halogens is 2. The molecule has 1 aromatic carbocycles. The van der Waals surface area contributed by atoms with E-state index in [1.807, 2.05) is 0 Å². The highest BCUT2D eigenvalue weighted by Gasteiger charge is 2.36. The molecule has 19 heavy (non-hydrogen) atoms. The number of aliphatic carboxylic acids is 1. The Morgan fingerprint density at radius 2 is 2.05 bits per heavy atom. The molecule has 0 aromatic heterocycles. The van der Waals surface area contributed by atoms with E-state index in [0.29, 0.717) is 12.8 Å². The Labute approximate surface area is 108 Å². The Morgan fingerprint density at radius 1 is 1.37 bits per heavy atom. The molecule has 1 heterocycles. The molecule has 1 aliphatic rings. The fourth-order valence-corrected chi connectivity index (χ4v) is 2.26. The maximum Gasteiger partial charge on any atom is 0.326 e. The molecule has 1 aliphatic heterocycles. The van der Waals surface area contributed by atoms with Crippen LogP contribution in [0.3, 0.4) is 0 Å². The Kier molecular flexibility index (Phi) is 3.50. The van der Waals surface area contributed by atoms with Gasteiger partial charge in [-0.25, -0.2) is 13.6 Å². The number of amides is 1. The Bertz CT molecular complexity index is 545. The summed E-state index contributed by atoms with van der Waals surface area (Å²) in [6, 6.07) is 1.24. The minimum atomic E-state index is -1.15. The molecule has 1 atom stereocenters. The van der Waals surface area contributed by atoms with Crippen molar-refractivity contribution in [3.63, 3.8) is 0 Å². The SMILES string of the molecule is Cc1ccc(F)c(C(=O)N2CCCC2C(=O)O)c1F. The fraction of sp³-hybridized carbons (Fsp3) is 0.385. The number of rotatable bonds is 2. The molecule has 6 heteroatoms. The standard InChI is InChI=1S/C13H13F2NO3/c1-7-4-5-8(14)10(11(7)15)12(17)16-6-2-3-9(16)13(18)19/h4-5,9H,2-3,6H2,1H3,(H,18,19). The Balaban J connectivity index is 2.40. The molecular weight excluding hydrogens is 256 g/mol. The van der Waals surface area contributed by atoms with Gasteiger partial charge in [0, 0.05) is 6.54 Å². The second-order valence-corrected chi connectivity index (χ2v) is 4.55. The summed E-state index contributed by atoms with van der Waals surface area (Å²) in [4.78, 5) is 24.2. The van der Waals surface area contributed by atoms with Crippen molar-refractivity contribution < 1.29 is 23.5 Å². The van der Waals surface area contributed by atoms with E-state index >= 15 is 0 Å². The zero-order valence-corrected chi connectivity index (χ0v) is 10.3. The van der Waals surface area contributed by atoms with Gasteiger partial charge in [-0.05, 0) is 31.4 Å². The van der Waals surface area contributed by atoms with Crippen molar-refractivity contribution >= 4 is 11.9 Å². The lowest BCUT2D eigenvalue weighted by atomic mass is 10.1. The summed E-state index contributed by atoms with van der Waals surface area (Å²) in [6.45, 7) is 1.62. The molecule has 0 radical (unpaired) electrons. The number of carboxylic acids is 1. The van der Waals surface area contributed by atoms with Crippen LogP contribution in [0.25, 0.3) is 0 Å². The number of carbonyl (C=O) groups excluding carboxylic acids is 1. The number of hydrogen-bond donors (Lipinski definition) is 1. The van der Waals surface area contributed by atoms with Crippen molar-refractivity contribution in [2.45, 2.75) is 25.8 Å². The summed E-state index contributed by atoms with van der Waals surface area (Å²) in [5.41, 5.74) is -0.524. The van der Waals surface area contributed by atoms with Crippen LogP contribution in [0.15, 0.2) is 12.1 Å². The summed E-state index contributed by atoms with van der Waals surface area (Å²) in [5, 5.41) is 8.99. The first-order valence-corrected chi connectivity index (χ1v) is 5.92. The smallest absolute Gasteiger partial charge is 0.326 e. The summed E-state index contributed by atoms with van der Waals surface area (Å²) in [5.74, 6) is -3.95. The van der Waals surface area contributed by atoms with E-state index < -0.39 is 35.1 Å². The predicted octanol–water partition coefficient (Wildman–Crippen LogP) is 1.96. The van der Waals surface area contributed by atoms with Gasteiger partial charge in [0.1, 0.15) is 23.2 Å². The number of nitrogens with zero attached hydrogens (tertiary/aromatic N) is 1. The molecule has 1 aromatic rings. The van der Waals surface area contributed by atoms with Crippen LogP contribution in [0.5, 0.6) is 0 Å². The Morgan fingerprint density at radius 3 is 2.68 bits per heavy atom. The normalized spacial score (nSPS) is 18.7. The second-order valence-electron chi connectivity index (χ2n) is 4.55. The lowest BCUT2D eigenvalue weighted by Crippen LogP contribution is -2.41. The average Bonchev–Trinajstić information content (AvgIpc) is 2.83. The number of carboxylic acid groups (broad SMARTS) is 1. The third-order valence-electron chi connectivity index (χ3n) is 3.30. The third-order valence-corrected chi connectivity index (χ3v) is 3.30. The van der Waals surface area contributed by atoms with Gasteiger partial charge in [0.25, 0.3) is 5.91 Å². The van der Waals surface area contributed by atoms with E-state index in [-0.39, 0.29) is 12.1 Å². The monoisotopic (exact) mass is 269 g/mol. The molecule has 0 bridgehead atoms. The van der Waals surface area contributed by atoms with Crippen molar-refractivity contribution in [3.05, 3.63) is 34.9 Å². The van der Waals surface area contributed by atoms with Crippen LogP contribution in [0.2, 0.25) is 0 Å². The average molecular weight is 269 g/mol. The highest BCUT2D eigenvalue weighted by Crippen LogP contribution is 2.24. The van der Waals surface area contributed by atoms with Crippen molar-refractivity contribution in [3.8, 4) is 0 Å². The van der Waals surface area contributed by atoms with Crippen LogP contribution < -0.4 is 0 Å². The maximum atomic E-state index is 13.9. The summed E-state index contributed by atoms with van der Waals surface area (Å²) in [7, 11) is 0. The number of carbonyl (C=O) groups is 2. The van der Waals surface area contributed by atoms with Crippen LogP contribution >= 0.6 is 0 Å². The van der Waals surface area contributed by atoms with Crippen LogP contribution in [0, 0.1) is 18.6 Å². The van der Waals surface area contributed by atoms with Gasteiger partial charge in [0.15, 0.2) is 0 Å². The van der Waals surface area contributed by atoms with Crippen molar-refractivity contribution in [2.24, 2.45) is 0 Å². The molecule has 1 fully saturated rings. The van der Waals surface area contributed by atoms with Crippen LogP contribution in [0.4, 0.5) is 8.78 Å². The van der Waals surface area contributed by atoms with E-state index in [1.54, 1.807) is 0 Å². The van der Waals surface area contributed by atoms with Gasteiger partial charge in [0.2, 0.25) is 0 Å². The molecule has 0 aliphatic carbocycles. The molecule has 1 N–H and O–H groups in total. The number of benzene rings is 1. The Hall–Kier alpha value is -1.98. The van der Waals surface area contributed by atoms with Crippen molar-refractivity contribution in [2.75, 3.05) is 6.54 Å². The van der Waals surface area contributed by atoms with E-state index in [4.69, 9.17) is 5.11 Å². The quantitative estimate of drug-likeness (QED) is 0.893. The van der Waals surface area contributed by atoms with Crippen molar-refractivity contribution in [1.82, 2.24) is 4.90 Å². The number of aryl methyl sites for hydroxylation is 1. The molecule has 4 nitrogen and oxygen atoms in total. The first-order valence-electron chi connectivity index (χ1n) is 5.92. The van der Waals surface area contributed by atoms with Crippen LogP contribution in [-0.2, 0) is 4.79 Å². The van der Waals surface area contributed by atoms with Gasteiger partial charge in [-0.1, -0.05) is 6.07 Å². The van der Waals surface area contributed by atoms with E-state index in [9.17, 15) is 18.4 Å². The largest absolute Gasteiger partial charge is 0.480 e. The summed E-state index contributed by atoms with van der Waals surface area (Å²) in [6.07, 6.45) is 0.813. The molecule has 0 saturated carbocycles. The summed E-state index contributed by atoms with van der Waals surface area (Å²) >= 11 is 0. The highest BCUT2D eigenvalue weighted by atomic mass is 19.1. The second kappa shape index (κ2) is 4.95. The van der Waals surface area contributed by atoms with Gasteiger partial charge in [0.05, 0.1) is 0 Å². The van der Waals surface area contributed by atoms with Gasteiger partial charge >= 0.3 is 5.97 Å². The number of likely N-dealkylation sites (tertiary alicyclic amines) is 1. The van der Waals surface area contributed by atoms with E-state index in [2.05, 4.69) is 0 Å². The number of hydrogen-bond acceptors (Lipinski definition) is 2. The zero-order chi connectivity index (χ0) is 14.2. The predicted molar refractivity (Wildman–Crippen MR) is 62.8 cm³/mol. The molecule has 1 saturated heterocycles. The zero-order valence-electron chi connectivity index (χ0n) is 10.3. The van der Waals surface area contributed by atoms with E-state index in [1.165, 1.54) is 13.0 Å². The molecule has 0 spiro atoms. The third kappa shape index (κ3) is 2.30. The first-order chi connectivity index (χ1) is 8.93. The topological polar surface area (TPSA) is 57.6 Å². The van der Waals surface area contributed by atoms with Crippen molar-refractivity contribution in [1.29, 1.82) is 0 Å². The van der Waals surface area contributed by atoms with Gasteiger partial charge < -0.3 is 10.0 Å². The van der Waals surface area contributed by atoms with Crippen LogP contribution in [0.1, 0.15) is 28.8 Å². The molecule has 1 unspecified atom stereocenters. The molecule has 102 valence electrons.